The van der Waals surface area contributed by atoms with Crippen molar-refractivity contribution in [1.82, 2.24) is 15.3 Å². The molecule has 0 aliphatic carbocycles. The third kappa shape index (κ3) is 1.81. The summed E-state index contributed by atoms with van der Waals surface area (Å²) < 4.78 is 0. The first kappa shape index (κ1) is 11.1. The Bertz CT molecular complexity index is 530. The molecule has 1 heterocycles. The molecule has 0 saturated carbocycles. The summed E-state index contributed by atoms with van der Waals surface area (Å²) in [6, 6.07) is 5.26. The summed E-state index contributed by atoms with van der Waals surface area (Å²) >= 11 is 5.84. The number of nitrogens with one attached hydrogen (secondary N) is 1. The zero-order valence-corrected chi connectivity index (χ0v) is 9.78. The van der Waals surface area contributed by atoms with E-state index in [1.807, 2.05) is 20.0 Å². The van der Waals surface area contributed by atoms with E-state index in [1.165, 1.54) is 0 Å². The van der Waals surface area contributed by atoms with E-state index in [9.17, 15) is 5.11 Å². The molecule has 84 valence electrons. The Morgan fingerprint density at radius 2 is 2.12 bits per heavy atom. The molecule has 0 radical (unpaired) electrons. The number of aromatic nitrogens is 2. The summed E-state index contributed by atoms with van der Waals surface area (Å²) in [5.41, 5.74) is 1.27. The highest BCUT2D eigenvalue weighted by atomic mass is 35.5. The van der Waals surface area contributed by atoms with Crippen LogP contribution in [0, 0.1) is 0 Å². The lowest BCUT2D eigenvalue weighted by Crippen LogP contribution is -2.14. The third-order valence-corrected chi connectivity index (χ3v) is 2.72. The van der Waals surface area contributed by atoms with Crippen molar-refractivity contribution in [3.05, 3.63) is 29.2 Å². The van der Waals surface area contributed by atoms with Gasteiger partial charge in [-0.3, -0.25) is 0 Å². The quantitative estimate of drug-likeness (QED) is 0.787. The van der Waals surface area contributed by atoms with Crippen molar-refractivity contribution in [2.45, 2.75) is 13.0 Å². The lowest BCUT2D eigenvalue weighted by molar-refractivity contribution is 0.480. The van der Waals surface area contributed by atoms with Gasteiger partial charge in [0.25, 0.3) is 0 Å². The van der Waals surface area contributed by atoms with Crippen molar-refractivity contribution in [1.29, 1.82) is 0 Å². The highest BCUT2D eigenvalue weighted by molar-refractivity contribution is 6.28. The lowest BCUT2D eigenvalue weighted by atomic mass is 10.1. The summed E-state index contributed by atoms with van der Waals surface area (Å²) in [5, 5.41) is 13.8. The molecule has 16 heavy (non-hydrogen) atoms. The number of hydrogen-bond donors (Lipinski definition) is 2. The Kier molecular flexibility index (Phi) is 2.94. The standard InChI is InChI=1S/C11H12ClN3O/c1-6(13-2)9-7-4-3-5-8(16)10(7)15-11(12)14-9/h3-6,13,16H,1-2H3. The Morgan fingerprint density at radius 1 is 1.38 bits per heavy atom. The van der Waals surface area contributed by atoms with Gasteiger partial charge >= 0.3 is 0 Å². The van der Waals surface area contributed by atoms with Gasteiger partial charge in [0.05, 0.1) is 5.69 Å². The molecule has 0 fully saturated rings. The minimum Gasteiger partial charge on any atom is -0.506 e. The van der Waals surface area contributed by atoms with E-state index in [4.69, 9.17) is 11.6 Å². The van der Waals surface area contributed by atoms with E-state index in [0.717, 1.165) is 11.1 Å². The number of nitrogens with zero attached hydrogens (tertiary/aromatic N) is 2. The number of hydrogen-bond acceptors (Lipinski definition) is 4. The minimum atomic E-state index is 0.0461. The van der Waals surface area contributed by atoms with Crippen molar-refractivity contribution in [3.8, 4) is 5.75 Å². The van der Waals surface area contributed by atoms with Crippen molar-refractivity contribution in [2.24, 2.45) is 0 Å². The van der Waals surface area contributed by atoms with E-state index in [-0.39, 0.29) is 17.1 Å². The Balaban J connectivity index is 2.78. The smallest absolute Gasteiger partial charge is 0.223 e. The van der Waals surface area contributed by atoms with Gasteiger partial charge < -0.3 is 10.4 Å². The fourth-order valence-electron chi connectivity index (χ4n) is 1.60. The zero-order valence-electron chi connectivity index (χ0n) is 9.03. The summed E-state index contributed by atoms with van der Waals surface area (Å²) in [6.07, 6.45) is 0. The molecule has 5 heteroatoms. The van der Waals surface area contributed by atoms with Gasteiger partial charge in [-0.15, -0.1) is 0 Å². The SMILES string of the molecule is CNC(C)c1nc(Cl)nc2c(O)cccc12. The van der Waals surface area contributed by atoms with E-state index in [0.29, 0.717) is 5.52 Å². The number of aromatic hydroxyl groups is 1. The topological polar surface area (TPSA) is 58.0 Å². The highest BCUT2D eigenvalue weighted by Gasteiger charge is 2.13. The van der Waals surface area contributed by atoms with Crippen LogP contribution in [0.1, 0.15) is 18.7 Å². The molecule has 0 aliphatic rings. The van der Waals surface area contributed by atoms with Crippen LogP contribution in [-0.2, 0) is 0 Å². The van der Waals surface area contributed by atoms with Gasteiger partial charge in [0.2, 0.25) is 5.28 Å². The Morgan fingerprint density at radius 3 is 2.81 bits per heavy atom. The number of fused-ring (bicyclic) bond motifs is 1. The number of para-hydroxylation sites is 1. The van der Waals surface area contributed by atoms with Crippen LogP contribution >= 0.6 is 11.6 Å². The minimum absolute atomic E-state index is 0.0461. The molecular formula is C11H12ClN3O. The molecule has 0 amide bonds. The van der Waals surface area contributed by atoms with Crippen LogP contribution in [0.15, 0.2) is 18.2 Å². The molecular weight excluding hydrogens is 226 g/mol. The molecule has 1 unspecified atom stereocenters. The molecule has 2 aromatic rings. The maximum absolute atomic E-state index is 9.71. The molecule has 1 aromatic carbocycles. The number of benzene rings is 1. The van der Waals surface area contributed by atoms with Crippen LogP contribution in [0.4, 0.5) is 0 Å². The molecule has 0 saturated heterocycles. The van der Waals surface area contributed by atoms with Crippen LogP contribution in [0.2, 0.25) is 5.28 Å². The molecule has 1 atom stereocenters. The molecule has 0 spiro atoms. The summed E-state index contributed by atoms with van der Waals surface area (Å²) in [7, 11) is 1.84. The predicted molar refractivity (Wildman–Crippen MR) is 63.7 cm³/mol. The molecule has 0 bridgehead atoms. The average molecular weight is 238 g/mol. The average Bonchev–Trinajstić information content (AvgIpc) is 2.28. The number of phenolic OH excluding ortho intramolecular Hbond substituents is 1. The van der Waals surface area contributed by atoms with Gasteiger partial charge in [-0.2, -0.15) is 0 Å². The summed E-state index contributed by atoms with van der Waals surface area (Å²) in [5.74, 6) is 0.117. The zero-order chi connectivity index (χ0) is 11.7. The van der Waals surface area contributed by atoms with E-state index in [1.54, 1.807) is 12.1 Å². The summed E-state index contributed by atoms with van der Waals surface area (Å²) in [4.78, 5) is 8.22. The third-order valence-electron chi connectivity index (χ3n) is 2.55. The van der Waals surface area contributed by atoms with Crippen LogP contribution in [0.25, 0.3) is 10.9 Å². The number of rotatable bonds is 2. The van der Waals surface area contributed by atoms with Gasteiger partial charge in [0.1, 0.15) is 11.3 Å². The second kappa shape index (κ2) is 4.23. The van der Waals surface area contributed by atoms with Crippen molar-refractivity contribution in [3.63, 3.8) is 0 Å². The van der Waals surface area contributed by atoms with E-state index < -0.39 is 0 Å². The second-order valence-corrected chi connectivity index (χ2v) is 3.90. The van der Waals surface area contributed by atoms with Crippen LogP contribution < -0.4 is 5.32 Å². The van der Waals surface area contributed by atoms with Crippen LogP contribution in [0.3, 0.4) is 0 Å². The van der Waals surface area contributed by atoms with Gasteiger partial charge in [-0.1, -0.05) is 12.1 Å². The van der Waals surface area contributed by atoms with Gasteiger partial charge in [-0.05, 0) is 31.6 Å². The molecule has 2 rings (SSSR count). The first-order chi connectivity index (χ1) is 7.63. The monoisotopic (exact) mass is 237 g/mol. The second-order valence-electron chi connectivity index (χ2n) is 3.56. The Hall–Kier alpha value is -1.39. The lowest BCUT2D eigenvalue weighted by Gasteiger charge is -2.12. The number of halogens is 1. The molecule has 1 aromatic heterocycles. The van der Waals surface area contributed by atoms with Gasteiger partial charge in [-0.25, -0.2) is 9.97 Å². The largest absolute Gasteiger partial charge is 0.506 e. The number of phenols is 1. The normalized spacial score (nSPS) is 12.9. The van der Waals surface area contributed by atoms with Crippen molar-refractivity contribution in [2.75, 3.05) is 7.05 Å². The summed E-state index contributed by atoms with van der Waals surface area (Å²) in [6.45, 7) is 1.97. The fraction of sp³-hybridized carbons (Fsp3) is 0.273. The Labute approximate surface area is 98.3 Å². The van der Waals surface area contributed by atoms with Gasteiger partial charge in [0, 0.05) is 11.4 Å². The first-order valence-corrected chi connectivity index (χ1v) is 5.33. The van der Waals surface area contributed by atoms with Crippen LogP contribution in [0.5, 0.6) is 5.75 Å². The van der Waals surface area contributed by atoms with E-state index >= 15 is 0 Å². The van der Waals surface area contributed by atoms with Crippen molar-refractivity contribution < 1.29 is 5.11 Å². The molecule has 2 N–H and O–H groups in total. The maximum Gasteiger partial charge on any atom is 0.223 e. The highest BCUT2D eigenvalue weighted by Crippen LogP contribution is 2.28. The molecule has 4 nitrogen and oxygen atoms in total. The molecule has 0 aliphatic heterocycles. The maximum atomic E-state index is 9.71. The van der Waals surface area contributed by atoms with Crippen LogP contribution in [-0.4, -0.2) is 22.1 Å². The first-order valence-electron chi connectivity index (χ1n) is 4.96. The van der Waals surface area contributed by atoms with E-state index in [2.05, 4.69) is 15.3 Å². The van der Waals surface area contributed by atoms with Gasteiger partial charge in [0.15, 0.2) is 0 Å². The predicted octanol–water partition coefficient (Wildman–Crippen LogP) is 2.27. The van der Waals surface area contributed by atoms with Crippen molar-refractivity contribution >= 4 is 22.5 Å². The fourth-order valence-corrected chi connectivity index (χ4v) is 1.77.